The Morgan fingerprint density at radius 3 is 2.89 bits per heavy atom. The molecule has 0 saturated carbocycles. The van der Waals surface area contributed by atoms with E-state index < -0.39 is 11.5 Å². The molecule has 2 aromatic rings. The highest BCUT2D eigenvalue weighted by Crippen LogP contribution is 1.96. The number of aryl methyl sites for hydroxylation is 2. The van der Waals surface area contributed by atoms with Crippen LogP contribution >= 0.6 is 0 Å². The van der Waals surface area contributed by atoms with Crippen LogP contribution in [-0.4, -0.2) is 25.6 Å². The minimum absolute atomic E-state index is 0.225. The van der Waals surface area contributed by atoms with Gasteiger partial charge in [-0.1, -0.05) is 0 Å². The van der Waals surface area contributed by atoms with Crippen molar-refractivity contribution < 1.29 is 9.90 Å². The molecule has 18 heavy (non-hydrogen) atoms. The fourth-order valence-corrected chi connectivity index (χ4v) is 1.57. The average Bonchev–Trinajstić information content (AvgIpc) is 2.38. The summed E-state index contributed by atoms with van der Waals surface area (Å²) in [6, 6.07) is 2.84. The maximum atomic E-state index is 11.8. The van der Waals surface area contributed by atoms with Gasteiger partial charge in [-0.25, -0.2) is 4.79 Å². The molecule has 0 radical (unpaired) electrons. The van der Waals surface area contributed by atoms with E-state index in [4.69, 9.17) is 5.11 Å². The van der Waals surface area contributed by atoms with E-state index in [1.165, 1.54) is 10.6 Å². The van der Waals surface area contributed by atoms with Gasteiger partial charge in [0, 0.05) is 37.8 Å². The van der Waals surface area contributed by atoms with Crippen LogP contribution in [0.5, 0.6) is 0 Å². The molecule has 0 aliphatic heterocycles. The fraction of sp³-hybridized carbons (Fsp3) is 0.167. The smallest absolute Gasteiger partial charge is 0.341 e. The topological polar surface area (TPSA) is 85.1 Å². The largest absolute Gasteiger partial charge is 0.477 e. The van der Waals surface area contributed by atoms with E-state index in [9.17, 15) is 9.59 Å². The Bertz CT molecular complexity index is 607. The van der Waals surface area contributed by atoms with E-state index >= 15 is 0 Å². The monoisotopic (exact) mass is 245 g/mol. The van der Waals surface area contributed by atoms with E-state index in [-0.39, 0.29) is 5.56 Å². The summed E-state index contributed by atoms with van der Waals surface area (Å²) in [7, 11) is 0. The van der Waals surface area contributed by atoms with Gasteiger partial charge in [-0.3, -0.25) is 14.8 Å². The van der Waals surface area contributed by atoms with Gasteiger partial charge < -0.3 is 9.67 Å². The third kappa shape index (κ3) is 2.60. The quantitative estimate of drug-likeness (QED) is 0.851. The normalized spacial score (nSPS) is 10.2. The molecule has 0 saturated heterocycles. The highest BCUT2D eigenvalue weighted by atomic mass is 16.4. The lowest BCUT2D eigenvalue weighted by atomic mass is 10.2. The number of carboxylic acid groups (broad SMARTS) is 1. The second-order valence-corrected chi connectivity index (χ2v) is 3.67. The van der Waals surface area contributed by atoms with Gasteiger partial charge in [-0.15, -0.1) is 0 Å². The Kier molecular flexibility index (Phi) is 3.47. The Morgan fingerprint density at radius 1 is 1.39 bits per heavy atom. The SMILES string of the molecule is O=C(O)c1cccn(CCc2cnccn2)c1=O. The number of carbonyl (C=O) groups is 1. The third-order valence-corrected chi connectivity index (χ3v) is 2.48. The standard InChI is InChI=1S/C12H11N3O3/c16-11-10(12(17)18)2-1-6-15(11)7-3-9-8-13-4-5-14-9/h1-2,4-6,8H,3,7H2,(H,17,18). The molecule has 0 aliphatic rings. The lowest BCUT2D eigenvalue weighted by Gasteiger charge is -2.05. The van der Waals surface area contributed by atoms with Crippen LogP contribution in [0.4, 0.5) is 0 Å². The van der Waals surface area contributed by atoms with Crippen molar-refractivity contribution in [2.24, 2.45) is 0 Å². The molecule has 2 aromatic heterocycles. The van der Waals surface area contributed by atoms with Gasteiger partial charge in [-0.05, 0) is 12.1 Å². The van der Waals surface area contributed by atoms with E-state index in [0.717, 1.165) is 5.69 Å². The summed E-state index contributed by atoms with van der Waals surface area (Å²) in [5.41, 5.74) is 0.0238. The maximum Gasteiger partial charge on any atom is 0.341 e. The zero-order chi connectivity index (χ0) is 13.0. The second kappa shape index (κ2) is 5.22. The van der Waals surface area contributed by atoms with E-state index in [2.05, 4.69) is 9.97 Å². The first kappa shape index (κ1) is 12.0. The van der Waals surface area contributed by atoms with Crippen molar-refractivity contribution in [2.75, 3.05) is 0 Å². The van der Waals surface area contributed by atoms with Gasteiger partial charge >= 0.3 is 5.97 Å². The summed E-state index contributed by atoms with van der Waals surface area (Å²) in [5, 5.41) is 8.84. The molecule has 0 aromatic carbocycles. The number of hydrogen-bond donors (Lipinski definition) is 1. The van der Waals surface area contributed by atoms with Crippen LogP contribution in [0.1, 0.15) is 16.1 Å². The van der Waals surface area contributed by atoms with Crippen LogP contribution < -0.4 is 5.56 Å². The number of aromatic carboxylic acids is 1. The van der Waals surface area contributed by atoms with Gasteiger partial charge in [0.15, 0.2) is 0 Å². The van der Waals surface area contributed by atoms with Crippen molar-refractivity contribution in [3.05, 3.63) is 58.5 Å². The number of hydrogen-bond acceptors (Lipinski definition) is 4. The van der Waals surface area contributed by atoms with Crippen LogP contribution in [0.15, 0.2) is 41.7 Å². The maximum absolute atomic E-state index is 11.8. The Labute approximate surface area is 103 Å². The second-order valence-electron chi connectivity index (χ2n) is 3.67. The van der Waals surface area contributed by atoms with Crippen molar-refractivity contribution in [2.45, 2.75) is 13.0 Å². The minimum atomic E-state index is -1.21. The van der Waals surface area contributed by atoms with E-state index in [1.807, 2.05) is 0 Å². The van der Waals surface area contributed by atoms with Crippen molar-refractivity contribution in [3.63, 3.8) is 0 Å². The molecule has 92 valence electrons. The predicted octanol–water partition coefficient (Wildman–Crippen LogP) is 0.579. The zero-order valence-corrected chi connectivity index (χ0v) is 9.48. The van der Waals surface area contributed by atoms with Crippen molar-refractivity contribution in [1.82, 2.24) is 14.5 Å². The molecule has 0 aliphatic carbocycles. The lowest BCUT2D eigenvalue weighted by Crippen LogP contribution is -2.26. The Balaban J connectivity index is 2.18. The van der Waals surface area contributed by atoms with Crippen molar-refractivity contribution >= 4 is 5.97 Å². The molecule has 6 heteroatoms. The highest BCUT2D eigenvalue weighted by molar-refractivity contribution is 5.86. The van der Waals surface area contributed by atoms with Gasteiger partial charge in [0.25, 0.3) is 5.56 Å². The third-order valence-electron chi connectivity index (χ3n) is 2.48. The first-order valence-electron chi connectivity index (χ1n) is 5.36. The number of aromatic nitrogens is 3. The molecule has 0 atom stereocenters. The summed E-state index contributed by atoms with van der Waals surface area (Å²) in [4.78, 5) is 30.6. The zero-order valence-electron chi connectivity index (χ0n) is 9.48. The van der Waals surface area contributed by atoms with Crippen LogP contribution in [0, 0.1) is 0 Å². The average molecular weight is 245 g/mol. The van der Waals surface area contributed by atoms with Gasteiger partial charge in [0.2, 0.25) is 0 Å². The minimum Gasteiger partial charge on any atom is -0.477 e. The van der Waals surface area contributed by atoms with Crippen LogP contribution in [0.3, 0.4) is 0 Å². The van der Waals surface area contributed by atoms with E-state index in [1.54, 1.807) is 30.9 Å². The summed E-state index contributed by atoms with van der Waals surface area (Å²) < 4.78 is 1.36. The molecule has 0 spiro atoms. The number of nitrogens with zero attached hydrogens (tertiary/aromatic N) is 3. The Hall–Kier alpha value is -2.50. The molecule has 2 heterocycles. The molecule has 1 N–H and O–H groups in total. The molecule has 0 bridgehead atoms. The molecule has 0 unspecified atom stereocenters. The highest BCUT2D eigenvalue weighted by Gasteiger charge is 2.09. The van der Waals surface area contributed by atoms with Gasteiger partial charge in [0.05, 0.1) is 5.69 Å². The van der Waals surface area contributed by atoms with Gasteiger partial charge in [-0.2, -0.15) is 0 Å². The van der Waals surface area contributed by atoms with Crippen molar-refractivity contribution in [3.8, 4) is 0 Å². The molecule has 6 nitrogen and oxygen atoms in total. The first-order valence-corrected chi connectivity index (χ1v) is 5.36. The number of carboxylic acids is 1. The van der Waals surface area contributed by atoms with Gasteiger partial charge in [0.1, 0.15) is 5.56 Å². The predicted molar refractivity (Wildman–Crippen MR) is 63.4 cm³/mol. The van der Waals surface area contributed by atoms with Crippen LogP contribution in [0.2, 0.25) is 0 Å². The summed E-state index contributed by atoms with van der Waals surface area (Å²) >= 11 is 0. The van der Waals surface area contributed by atoms with Crippen molar-refractivity contribution in [1.29, 1.82) is 0 Å². The molecular weight excluding hydrogens is 234 g/mol. The summed E-state index contributed by atoms with van der Waals surface area (Å²) in [6.45, 7) is 0.374. The molecule has 2 rings (SSSR count). The number of pyridine rings is 1. The molecule has 0 amide bonds. The molecular formula is C12H11N3O3. The fourth-order valence-electron chi connectivity index (χ4n) is 1.57. The van der Waals surface area contributed by atoms with Crippen LogP contribution in [-0.2, 0) is 13.0 Å². The number of rotatable bonds is 4. The summed E-state index contributed by atoms with van der Waals surface area (Å²) in [5.74, 6) is -1.21. The lowest BCUT2D eigenvalue weighted by molar-refractivity contribution is 0.0694. The Morgan fingerprint density at radius 2 is 2.22 bits per heavy atom. The first-order chi connectivity index (χ1) is 8.68. The van der Waals surface area contributed by atoms with E-state index in [0.29, 0.717) is 13.0 Å². The summed E-state index contributed by atoms with van der Waals surface area (Å²) in [6.07, 6.45) is 6.85. The molecule has 0 fully saturated rings. The van der Waals surface area contributed by atoms with Crippen LogP contribution in [0.25, 0.3) is 0 Å².